The van der Waals surface area contributed by atoms with Gasteiger partial charge in [-0.1, -0.05) is 83.9 Å². The van der Waals surface area contributed by atoms with Crippen molar-refractivity contribution in [3.8, 4) is 22.4 Å². The second kappa shape index (κ2) is 8.53. The highest BCUT2D eigenvalue weighted by Crippen LogP contribution is 2.32. The molecule has 0 aliphatic heterocycles. The molecule has 3 aromatic carbocycles. The molecule has 4 rings (SSSR count). The van der Waals surface area contributed by atoms with Gasteiger partial charge in [-0.25, -0.2) is 5.10 Å². The highest BCUT2D eigenvalue weighted by molar-refractivity contribution is 6.35. The Balaban J connectivity index is 1.90. The summed E-state index contributed by atoms with van der Waals surface area (Å²) in [7, 11) is 0. The number of aromatic amines is 1. The van der Waals surface area contributed by atoms with Crippen LogP contribution in [0.25, 0.3) is 22.4 Å². The van der Waals surface area contributed by atoms with E-state index in [9.17, 15) is 9.59 Å². The van der Waals surface area contributed by atoms with Gasteiger partial charge in [0.15, 0.2) is 0 Å². The smallest absolute Gasteiger partial charge is 0.277 e. The summed E-state index contributed by atoms with van der Waals surface area (Å²) in [5.74, 6) is -0.590. The molecule has 0 saturated carbocycles. The van der Waals surface area contributed by atoms with Crippen molar-refractivity contribution in [3.63, 3.8) is 0 Å². The molecule has 0 bridgehead atoms. The molecule has 4 aromatic rings. The number of amides is 1. The zero-order chi connectivity index (χ0) is 21.1. The number of nitrogens with zero attached hydrogens (tertiary/aromatic N) is 1. The van der Waals surface area contributed by atoms with E-state index in [2.05, 4.69) is 15.5 Å². The Morgan fingerprint density at radius 1 is 0.833 bits per heavy atom. The molecule has 1 aromatic heterocycles. The van der Waals surface area contributed by atoms with Crippen LogP contribution in [-0.4, -0.2) is 16.1 Å². The number of rotatable bonds is 4. The molecule has 0 aliphatic rings. The van der Waals surface area contributed by atoms with Gasteiger partial charge >= 0.3 is 0 Å². The van der Waals surface area contributed by atoms with E-state index in [1.165, 1.54) is 0 Å². The van der Waals surface area contributed by atoms with Crippen molar-refractivity contribution in [1.29, 1.82) is 0 Å². The predicted octanol–water partition coefficient (Wildman–Crippen LogP) is 5.66. The van der Waals surface area contributed by atoms with Crippen LogP contribution in [0.5, 0.6) is 0 Å². The molecule has 0 radical (unpaired) electrons. The van der Waals surface area contributed by atoms with Crippen LogP contribution in [0.2, 0.25) is 10.0 Å². The SMILES string of the molecule is O=C(Nc1cc(Cl)cc(Cl)c1)c1c(-c2ccccc2)c(-c2ccccc2)n[nH]c1=O. The third-order valence-corrected chi connectivity index (χ3v) is 4.88. The number of hydrogen-bond acceptors (Lipinski definition) is 3. The van der Waals surface area contributed by atoms with E-state index in [0.29, 0.717) is 32.6 Å². The number of carbonyl (C=O) groups is 1. The summed E-state index contributed by atoms with van der Waals surface area (Å²) >= 11 is 12.1. The van der Waals surface area contributed by atoms with Crippen LogP contribution in [0.1, 0.15) is 10.4 Å². The Morgan fingerprint density at radius 3 is 2.00 bits per heavy atom. The van der Waals surface area contributed by atoms with Gasteiger partial charge < -0.3 is 5.32 Å². The lowest BCUT2D eigenvalue weighted by Gasteiger charge is -2.14. The van der Waals surface area contributed by atoms with E-state index in [1.54, 1.807) is 18.2 Å². The lowest BCUT2D eigenvalue weighted by atomic mass is 9.95. The van der Waals surface area contributed by atoms with E-state index in [4.69, 9.17) is 23.2 Å². The maximum absolute atomic E-state index is 13.2. The number of anilines is 1. The average Bonchev–Trinajstić information content (AvgIpc) is 2.74. The first kappa shape index (κ1) is 19.9. The molecule has 0 aliphatic carbocycles. The molecule has 0 fully saturated rings. The Kier molecular flexibility index (Phi) is 5.65. The summed E-state index contributed by atoms with van der Waals surface area (Å²) < 4.78 is 0. The number of H-pyrrole nitrogens is 1. The minimum atomic E-state index is -0.598. The number of hydrogen-bond donors (Lipinski definition) is 2. The van der Waals surface area contributed by atoms with E-state index in [0.717, 1.165) is 5.56 Å². The highest BCUT2D eigenvalue weighted by atomic mass is 35.5. The minimum absolute atomic E-state index is 0.0499. The lowest BCUT2D eigenvalue weighted by Crippen LogP contribution is -2.26. The van der Waals surface area contributed by atoms with Gasteiger partial charge in [0.1, 0.15) is 5.56 Å². The molecule has 0 unspecified atom stereocenters. The minimum Gasteiger partial charge on any atom is -0.322 e. The average molecular weight is 436 g/mol. The number of carbonyl (C=O) groups excluding carboxylic acids is 1. The van der Waals surface area contributed by atoms with E-state index < -0.39 is 11.5 Å². The molecule has 1 amide bonds. The van der Waals surface area contributed by atoms with Crippen LogP contribution in [0.3, 0.4) is 0 Å². The summed E-state index contributed by atoms with van der Waals surface area (Å²) in [6, 6.07) is 23.2. The summed E-state index contributed by atoms with van der Waals surface area (Å²) in [4.78, 5) is 25.9. The fraction of sp³-hybridized carbons (Fsp3) is 0. The van der Waals surface area contributed by atoms with Gasteiger partial charge in [-0.3, -0.25) is 9.59 Å². The van der Waals surface area contributed by atoms with Gasteiger partial charge in [0.2, 0.25) is 0 Å². The van der Waals surface area contributed by atoms with Gasteiger partial charge in [-0.2, -0.15) is 5.10 Å². The Morgan fingerprint density at radius 2 is 1.40 bits per heavy atom. The van der Waals surface area contributed by atoms with Crippen molar-refractivity contribution < 1.29 is 4.79 Å². The summed E-state index contributed by atoms with van der Waals surface area (Å²) in [5.41, 5.74) is 2.14. The molecular formula is C23H15Cl2N3O2. The molecule has 7 heteroatoms. The molecule has 0 atom stereocenters. The van der Waals surface area contributed by atoms with Gasteiger partial charge in [-0.05, 0) is 23.8 Å². The van der Waals surface area contributed by atoms with E-state index in [-0.39, 0.29) is 5.56 Å². The number of benzene rings is 3. The molecular weight excluding hydrogens is 421 g/mol. The van der Waals surface area contributed by atoms with Crippen molar-refractivity contribution >= 4 is 34.8 Å². The number of nitrogens with one attached hydrogen (secondary N) is 2. The molecule has 0 spiro atoms. The largest absolute Gasteiger partial charge is 0.322 e. The lowest BCUT2D eigenvalue weighted by molar-refractivity contribution is 0.102. The van der Waals surface area contributed by atoms with Gasteiger partial charge in [0.25, 0.3) is 11.5 Å². The summed E-state index contributed by atoms with van der Waals surface area (Å²) in [6.07, 6.45) is 0. The predicted molar refractivity (Wildman–Crippen MR) is 120 cm³/mol. The first-order valence-corrected chi connectivity index (χ1v) is 9.79. The molecule has 2 N–H and O–H groups in total. The maximum Gasteiger partial charge on any atom is 0.277 e. The van der Waals surface area contributed by atoms with E-state index in [1.807, 2.05) is 60.7 Å². The number of halogens is 2. The Bertz CT molecular complexity index is 1250. The van der Waals surface area contributed by atoms with Crippen molar-refractivity contribution in [2.75, 3.05) is 5.32 Å². The first-order valence-electron chi connectivity index (χ1n) is 9.04. The van der Waals surface area contributed by atoms with Crippen LogP contribution >= 0.6 is 23.2 Å². The van der Waals surface area contributed by atoms with Crippen LogP contribution in [0, 0.1) is 0 Å². The molecule has 5 nitrogen and oxygen atoms in total. The van der Waals surface area contributed by atoms with Crippen LogP contribution in [0.4, 0.5) is 5.69 Å². The van der Waals surface area contributed by atoms with Gasteiger partial charge in [-0.15, -0.1) is 0 Å². The Labute approximate surface area is 182 Å². The van der Waals surface area contributed by atoms with Crippen molar-refractivity contribution in [1.82, 2.24) is 10.2 Å². The standard InChI is InChI=1S/C23H15Cl2N3O2/c24-16-11-17(25)13-18(12-16)26-22(29)20-19(14-7-3-1-4-8-14)21(27-28-23(20)30)15-9-5-2-6-10-15/h1-13H,(H,26,29)(H,28,30). The topological polar surface area (TPSA) is 74.8 Å². The second-order valence-electron chi connectivity index (χ2n) is 6.50. The number of aromatic nitrogens is 2. The summed E-state index contributed by atoms with van der Waals surface area (Å²) in [5, 5.41) is 10.1. The van der Waals surface area contributed by atoms with Crippen molar-refractivity contribution in [2.24, 2.45) is 0 Å². The fourth-order valence-electron chi connectivity index (χ4n) is 3.18. The van der Waals surface area contributed by atoms with Crippen LogP contribution in [0.15, 0.2) is 83.7 Å². The first-order chi connectivity index (χ1) is 14.5. The van der Waals surface area contributed by atoms with Crippen LogP contribution < -0.4 is 10.9 Å². The van der Waals surface area contributed by atoms with Crippen LogP contribution in [-0.2, 0) is 0 Å². The monoisotopic (exact) mass is 435 g/mol. The quantitative estimate of drug-likeness (QED) is 0.433. The maximum atomic E-state index is 13.2. The van der Waals surface area contributed by atoms with E-state index >= 15 is 0 Å². The molecule has 30 heavy (non-hydrogen) atoms. The molecule has 0 saturated heterocycles. The van der Waals surface area contributed by atoms with Gasteiger partial charge in [0.05, 0.1) is 5.69 Å². The Hall–Kier alpha value is -3.41. The third-order valence-electron chi connectivity index (χ3n) is 4.44. The third kappa shape index (κ3) is 4.13. The van der Waals surface area contributed by atoms with Crippen molar-refractivity contribution in [2.45, 2.75) is 0 Å². The highest BCUT2D eigenvalue weighted by Gasteiger charge is 2.23. The fourth-order valence-corrected chi connectivity index (χ4v) is 3.70. The molecule has 148 valence electrons. The van der Waals surface area contributed by atoms with Crippen molar-refractivity contribution in [3.05, 3.63) is 105 Å². The second-order valence-corrected chi connectivity index (χ2v) is 7.37. The van der Waals surface area contributed by atoms with Gasteiger partial charge in [0, 0.05) is 26.9 Å². The molecule has 1 heterocycles. The normalized spacial score (nSPS) is 10.6. The zero-order valence-electron chi connectivity index (χ0n) is 15.5. The summed E-state index contributed by atoms with van der Waals surface area (Å²) in [6.45, 7) is 0. The zero-order valence-corrected chi connectivity index (χ0v) is 17.0.